The number of nitrogens with zero attached hydrogens (tertiary/aromatic N) is 1. The van der Waals surface area contributed by atoms with Crippen molar-refractivity contribution >= 4 is 23.6 Å². The number of primary amides is 1. The highest BCUT2D eigenvalue weighted by Crippen LogP contribution is 2.20. The molecular weight excluding hydrogens is 534 g/mol. The van der Waals surface area contributed by atoms with E-state index >= 15 is 0 Å². The molecule has 1 saturated heterocycles. The summed E-state index contributed by atoms with van der Waals surface area (Å²) in [6, 6.07) is 21.2. The molecule has 42 heavy (non-hydrogen) atoms. The van der Waals surface area contributed by atoms with E-state index in [1.807, 2.05) is 60.7 Å². The van der Waals surface area contributed by atoms with Gasteiger partial charge in [0.2, 0.25) is 23.6 Å². The fraction of sp³-hybridized carbons (Fsp3) is 0.312. The number of benzene rings is 3. The lowest BCUT2D eigenvalue weighted by atomic mass is 10.0. The molecule has 4 rings (SSSR count). The molecule has 1 heterocycles. The number of carbonyl (C=O) groups is 4. The van der Waals surface area contributed by atoms with Gasteiger partial charge in [-0.2, -0.15) is 0 Å². The summed E-state index contributed by atoms with van der Waals surface area (Å²) >= 11 is 0. The van der Waals surface area contributed by atoms with Gasteiger partial charge in [-0.25, -0.2) is 0 Å². The molecule has 3 aromatic carbocycles. The molecular formula is C32H37N5O5. The summed E-state index contributed by atoms with van der Waals surface area (Å²) in [5, 5.41) is 15.1. The first-order valence-electron chi connectivity index (χ1n) is 14.0. The minimum Gasteiger partial charge on any atom is -0.508 e. The maximum atomic E-state index is 13.5. The van der Waals surface area contributed by atoms with Crippen molar-refractivity contribution in [1.82, 2.24) is 15.5 Å². The Labute approximate surface area is 245 Å². The van der Waals surface area contributed by atoms with Crippen LogP contribution in [0.2, 0.25) is 0 Å². The number of aromatic hydroxyl groups is 1. The van der Waals surface area contributed by atoms with Crippen molar-refractivity contribution in [2.45, 2.75) is 56.3 Å². The van der Waals surface area contributed by atoms with E-state index in [1.165, 1.54) is 17.0 Å². The number of hydrogen-bond acceptors (Lipinski definition) is 6. The number of nitrogens with two attached hydrogens (primary N) is 2. The molecule has 220 valence electrons. The Hall–Kier alpha value is -4.70. The lowest BCUT2D eigenvalue weighted by Crippen LogP contribution is -2.58. The third kappa shape index (κ3) is 8.17. The number of carbonyl (C=O) groups excluding carboxylic acids is 4. The van der Waals surface area contributed by atoms with Crippen molar-refractivity contribution in [2.75, 3.05) is 6.54 Å². The second-order valence-corrected chi connectivity index (χ2v) is 10.6. The molecule has 4 atom stereocenters. The maximum Gasteiger partial charge on any atom is 0.243 e. The Morgan fingerprint density at radius 1 is 0.786 bits per heavy atom. The Balaban J connectivity index is 1.46. The van der Waals surface area contributed by atoms with Crippen LogP contribution >= 0.6 is 0 Å². The monoisotopic (exact) mass is 571 g/mol. The Morgan fingerprint density at radius 2 is 1.33 bits per heavy atom. The lowest BCUT2D eigenvalue weighted by molar-refractivity contribution is -0.140. The van der Waals surface area contributed by atoms with E-state index in [1.54, 1.807) is 12.1 Å². The van der Waals surface area contributed by atoms with Gasteiger partial charge in [-0.1, -0.05) is 72.8 Å². The standard InChI is InChI=1S/C32H37N5O5/c33-25(18-23-13-15-24(38)16-14-23)32(42)37-17-7-12-28(37)31(41)36-27(20-22-10-5-2-6-11-22)30(40)35-26(29(34)39)19-21-8-3-1-4-9-21/h1-6,8-11,13-16,25-28,38H,7,12,17-20,33H2,(H2,34,39)(H,35,40)(H,36,41)/t25-,26?,27-,28?/m0/s1. The van der Waals surface area contributed by atoms with Crippen molar-refractivity contribution in [1.29, 1.82) is 0 Å². The predicted octanol–water partition coefficient (Wildman–Crippen LogP) is 1.19. The predicted molar refractivity (Wildman–Crippen MR) is 158 cm³/mol. The van der Waals surface area contributed by atoms with Gasteiger partial charge in [0.25, 0.3) is 0 Å². The number of nitrogens with one attached hydrogen (secondary N) is 2. The molecule has 0 bridgehead atoms. The molecule has 0 aliphatic carbocycles. The zero-order valence-corrected chi connectivity index (χ0v) is 23.3. The van der Waals surface area contributed by atoms with E-state index in [4.69, 9.17) is 11.5 Å². The lowest BCUT2D eigenvalue weighted by Gasteiger charge is -2.29. The van der Waals surface area contributed by atoms with E-state index < -0.39 is 41.9 Å². The first-order valence-corrected chi connectivity index (χ1v) is 14.0. The summed E-state index contributed by atoms with van der Waals surface area (Å²) in [6.07, 6.45) is 1.68. The Bertz CT molecular complexity index is 1370. The van der Waals surface area contributed by atoms with Crippen molar-refractivity contribution in [3.8, 4) is 5.75 Å². The second-order valence-electron chi connectivity index (χ2n) is 10.6. The van der Waals surface area contributed by atoms with Gasteiger partial charge >= 0.3 is 0 Å². The molecule has 0 spiro atoms. The normalized spacial score (nSPS) is 16.7. The smallest absolute Gasteiger partial charge is 0.243 e. The molecule has 10 nitrogen and oxygen atoms in total. The minimum absolute atomic E-state index is 0.117. The highest BCUT2D eigenvalue weighted by molar-refractivity contribution is 5.95. The van der Waals surface area contributed by atoms with Crippen LogP contribution in [0.1, 0.15) is 29.5 Å². The number of likely N-dealkylation sites (tertiary alicyclic amines) is 1. The quantitative estimate of drug-likeness (QED) is 0.219. The third-order valence-electron chi connectivity index (χ3n) is 7.41. The first-order chi connectivity index (χ1) is 20.2. The van der Waals surface area contributed by atoms with Gasteiger partial charge in [-0.15, -0.1) is 0 Å². The number of hydrogen-bond donors (Lipinski definition) is 5. The van der Waals surface area contributed by atoms with Crippen LogP contribution in [0.15, 0.2) is 84.9 Å². The van der Waals surface area contributed by atoms with Crippen LogP contribution in [0, 0.1) is 0 Å². The molecule has 0 saturated carbocycles. The molecule has 0 radical (unpaired) electrons. The fourth-order valence-electron chi connectivity index (χ4n) is 5.16. The van der Waals surface area contributed by atoms with Crippen molar-refractivity contribution in [2.24, 2.45) is 11.5 Å². The van der Waals surface area contributed by atoms with Gasteiger partial charge in [0.05, 0.1) is 6.04 Å². The van der Waals surface area contributed by atoms with Gasteiger partial charge in [-0.05, 0) is 48.1 Å². The second kappa shape index (κ2) is 14.3. The molecule has 1 aliphatic rings. The van der Waals surface area contributed by atoms with Gasteiger partial charge < -0.3 is 32.1 Å². The van der Waals surface area contributed by atoms with Gasteiger partial charge in [0, 0.05) is 19.4 Å². The first kappa shape index (κ1) is 30.3. The van der Waals surface area contributed by atoms with Crippen LogP contribution in [0.5, 0.6) is 5.75 Å². The molecule has 0 aromatic heterocycles. The summed E-state index contributed by atoms with van der Waals surface area (Å²) in [6.45, 7) is 0.372. The molecule has 1 aliphatic heterocycles. The molecule has 1 fully saturated rings. The Morgan fingerprint density at radius 3 is 1.90 bits per heavy atom. The van der Waals surface area contributed by atoms with E-state index in [0.29, 0.717) is 19.4 Å². The summed E-state index contributed by atoms with van der Waals surface area (Å²) in [7, 11) is 0. The number of amides is 4. The SMILES string of the molecule is NC(=O)C(Cc1ccccc1)NC(=O)[C@H](Cc1ccccc1)NC(=O)C1CCCN1C(=O)[C@@H](N)Cc1ccc(O)cc1. The maximum absolute atomic E-state index is 13.5. The molecule has 7 N–H and O–H groups in total. The third-order valence-corrected chi connectivity index (χ3v) is 7.41. The summed E-state index contributed by atoms with van der Waals surface area (Å²) < 4.78 is 0. The zero-order chi connectivity index (χ0) is 30.1. The Kier molecular flexibility index (Phi) is 10.3. The summed E-state index contributed by atoms with van der Waals surface area (Å²) in [5.41, 5.74) is 14.3. The zero-order valence-electron chi connectivity index (χ0n) is 23.3. The molecule has 4 amide bonds. The van der Waals surface area contributed by atoms with Crippen molar-refractivity contribution < 1.29 is 24.3 Å². The topological polar surface area (TPSA) is 168 Å². The van der Waals surface area contributed by atoms with Gasteiger partial charge in [0.1, 0.15) is 23.9 Å². The highest BCUT2D eigenvalue weighted by atomic mass is 16.3. The minimum atomic E-state index is -1.01. The number of rotatable bonds is 12. The van der Waals surface area contributed by atoms with E-state index in [-0.39, 0.29) is 30.9 Å². The van der Waals surface area contributed by atoms with Crippen LogP contribution in [0.4, 0.5) is 0 Å². The number of phenols is 1. The van der Waals surface area contributed by atoms with Crippen molar-refractivity contribution in [3.63, 3.8) is 0 Å². The van der Waals surface area contributed by atoms with Crippen LogP contribution < -0.4 is 22.1 Å². The van der Waals surface area contributed by atoms with Crippen LogP contribution in [-0.4, -0.2) is 64.3 Å². The molecule has 3 aromatic rings. The van der Waals surface area contributed by atoms with E-state index in [2.05, 4.69) is 10.6 Å². The van der Waals surface area contributed by atoms with E-state index in [9.17, 15) is 24.3 Å². The van der Waals surface area contributed by atoms with E-state index in [0.717, 1.165) is 16.7 Å². The highest BCUT2D eigenvalue weighted by Gasteiger charge is 2.38. The van der Waals surface area contributed by atoms with Crippen LogP contribution in [0.25, 0.3) is 0 Å². The average molecular weight is 572 g/mol. The largest absolute Gasteiger partial charge is 0.508 e. The number of phenolic OH excluding ortho intramolecular Hbond substituents is 1. The average Bonchev–Trinajstić information content (AvgIpc) is 3.48. The van der Waals surface area contributed by atoms with Gasteiger partial charge in [-0.3, -0.25) is 19.2 Å². The van der Waals surface area contributed by atoms with Crippen molar-refractivity contribution in [3.05, 3.63) is 102 Å². The van der Waals surface area contributed by atoms with Gasteiger partial charge in [0.15, 0.2) is 0 Å². The molecule has 10 heteroatoms. The summed E-state index contributed by atoms with van der Waals surface area (Å²) in [4.78, 5) is 54.0. The summed E-state index contributed by atoms with van der Waals surface area (Å²) in [5.74, 6) is -1.95. The fourth-order valence-corrected chi connectivity index (χ4v) is 5.16. The molecule has 2 unspecified atom stereocenters. The van der Waals surface area contributed by atoms with Crippen LogP contribution in [-0.2, 0) is 38.4 Å². The van der Waals surface area contributed by atoms with Crippen LogP contribution in [0.3, 0.4) is 0 Å².